The van der Waals surface area contributed by atoms with Crippen LogP contribution in [0.1, 0.15) is 32.4 Å². The van der Waals surface area contributed by atoms with Crippen LogP contribution in [0, 0.1) is 12.8 Å². The van der Waals surface area contributed by atoms with Crippen LogP contribution in [0.2, 0.25) is 0 Å². The third-order valence-electron chi connectivity index (χ3n) is 3.92. The van der Waals surface area contributed by atoms with Gasteiger partial charge in [0.25, 0.3) is 0 Å². The third-order valence-corrected chi connectivity index (χ3v) is 3.92. The van der Waals surface area contributed by atoms with Crippen LogP contribution in [0.15, 0.2) is 6.07 Å². The summed E-state index contributed by atoms with van der Waals surface area (Å²) >= 11 is 0. The molecule has 0 atom stereocenters. The van der Waals surface area contributed by atoms with Crippen molar-refractivity contribution < 1.29 is 0 Å². The predicted octanol–water partition coefficient (Wildman–Crippen LogP) is 2.36. The molecular formula is C15H27N5. The molecule has 0 unspecified atom stereocenters. The summed E-state index contributed by atoms with van der Waals surface area (Å²) in [5, 5.41) is 6.65. The first-order chi connectivity index (χ1) is 9.71. The van der Waals surface area contributed by atoms with Crippen molar-refractivity contribution in [2.24, 2.45) is 5.92 Å². The van der Waals surface area contributed by atoms with Gasteiger partial charge in [0.05, 0.1) is 0 Å². The average Bonchev–Trinajstić information content (AvgIpc) is 2.45. The van der Waals surface area contributed by atoms with E-state index in [1.54, 1.807) is 0 Å². The fourth-order valence-electron chi connectivity index (χ4n) is 2.65. The summed E-state index contributed by atoms with van der Waals surface area (Å²) in [6.07, 6.45) is 2.57. The largest absolute Gasteiger partial charge is 0.370 e. The van der Waals surface area contributed by atoms with Crippen LogP contribution in [-0.2, 0) is 0 Å². The average molecular weight is 277 g/mol. The van der Waals surface area contributed by atoms with Gasteiger partial charge in [-0.05, 0) is 52.2 Å². The molecule has 1 aromatic heterocycles. The zero-order chi connectivity index (χ0) is 14.4. The number of rotatable bonds is 6. The molecule has 0 radical (unpaired) electrons. The zero-order valence-electron chi connectivity index (χ0n) is 12.9. The van der Waals surface area contributed by atoms with E-state index in [-0.39, 0.29) is 0 Å². The highest BCUT2D eigenvalue weighted by molar-refractivity contribution is 5.42. The minimum absolute atomic E-state index is 0.718. The highest BCUT2D eigenvalue weighted by atomic mass is 15.1. The van der Waals surface area contributed by atoms with Crippen molar-refractivity contribution in [3.63, 3.8) is 0 Å². The normalized spacial score (nSPS) is 17.1. The monoisotopic (exact) mass is 277 g/mol. The lowest BCUT2D eigenvalue weighted by Gasteiger charge is -2.31. The molecule has 1 aliphatic heterocycles. The number of anilines is 2. The fraction of sp³-hybridized carbons (Fsp3) is 0.733. The van der Waals surface area contributed by atoms with Crippen LogP contribution in [0.4, 0.5) is 11.8 Å². The van der Waals surface area contributed by atoms with Gasteiger partial charge >= 0.3 is 0 Å². The molecule has 2 heterocycles. The third kappa shape index (κ3) is 4.34. The number of aromatic nitrogens is 2. The molecule has 1 fully saturated rings. The number of hydrogen-bond acceptors (Lipinski definition) is 5. The molecule has 1 saturated heterocycles. The highest BCUT2D eigenvalue weighted by Crippen LogP contribution is 2.18. The van der Waals surface area contributed by atoms with Crippen LogP contribution in [-0.4, -0.2) is 47.6 Å². The van der Waals surface area contributed by atoms with Gasteiger partial charge in [-0.15, -0.1) is 0 Å². The van der Waals surface area contributed by atoms with E-state index in [2.05, 4.69) is 39.3 Å². The lowest BCUT2D eigenvalue weighted by Crippen LogP contribution is -2.35. The smallest absolute Gasteiger partial charge is 0.224 e. The zero-order valence-corrected chi connectivity index (χ0v) is 12.9. The lowest BCUT2D eigenvalue weighted by atomic mass is 9.97. The van der Waals surface area contributed by atoms with E-state index in [0.717, 1.165) is 36.5 Å². The summed E-state index contributed by atoms with van der Waals surface area (Å²) in [7, 11) is 0. The number of likely N-dealkylation sites (tertiary alicyclic amines) is 1. The molecule has 1 aromatic rings. The SMILES string of the molecule is CCNc1nc(C)cc(NCC2CCN(CC)CC2)n1. The van der Waals surface area contributed by atoms with Gasteiger partial charge in [-0.2, -0.15) is 4.98 Å². The second-order valence-corrected chi connectivity index (χ2v) is 5.51. The van der Waals surface area contributed by atoms with Crippen molar-refractivity contribution in [3.8, 4) is 0 Å². The van der Waals surface area contributed by atoms with Crippen LogP contribution in [0.5, 0.6) is 0 Å². The van der Waals surface area contributed by atoms with E-state index in [1.807, 2.05) is 13.0 Å². The Hall–Kier alpha value is -1.36. The number of nitrogens with zero attached hydrogens (tertiary/aromatic N) is 3. The molecule has 20 heavy (non-hydrogen) atoms. The Kier molecular flexibility index (Phi) is 5.59. The standard InChI is InChI=1S/C15H27N5/c1-4-16-15-18-12(3)10-14(19-15)17-11-13-6-8-20(5-2)9-7-13/h10,13H,4-9,11H2,1-3H3,(H2,16,17,18,19). The quantitative estimate of drug-likeness (QED) is 0.836. The minimum atomic E-state index is 0.718. The van der Waals surface area contributed by atoms with E-state index >= 15 is 0 Å². The second-order valence-electron chi connectivity index (χ2n) is 5.51. The van der Waals surface area contributed by atoms with Crippen molar-refractivity contribution in [1.82, 2.24) is 14.9 Å². The topological polar surface area (TPSA) is 53.1 Å². The number of aryl methyl sites for hydroxylation is 1. The Morgan fingerprint density at radius 3 is 2.60 bits per heavy atom. The van der Waals surface area contributed by atoms with E-state index in [0.29, 0.717) is 0 Å². The van der Waals surface area contributed by atoms with Crippen LogP contribution >= 0.6 is 0 Å². The minimum Gasteiger partial charge on any atom is -0.370 e. The van der Waals surface area contributed by atoms with Crippen molar-refractivity contribution in [2.75, 3.05) is 43.4 Å². The maximum absolute atomic E-state index is 4.50. The summed E-state index contributed by atoms with van der Waals surface area (Å²) in [5.74, 6) is 2.41. The summed E-state index contributed by atoms with van der Waals surface area (Å²) in [5.41, 5.74) is 0.999. The van der Waals surface area contributed by atoms with Gasteiger partial charge in [0.1, 0.15) is 5.82 Å². The molecule has 0 aromatic carbocycles. The van der Waals surface area contributed by atoms with E-state index < -0.39 is 0 Å². The predicted molar refractivity (Wildman–Crippen MR) is 84.3 cm³/mol. The first-order valence-corrected chi connectivity index (χ1v) is 7.77. The molecule has 0 bridgehead atoms. The van der Waals surface area contributed by atoms with Crippen LogP contribution < -0.4 is 10.6 Å². The summed E-state index contributed by atoms with van der Waals surface area (Å²) in [4.78, 5) is 11.4. The van der Waals surface area contributed by atoms with Crippen molar-refractivity contribution in [3.05, 3.63) is 11.8 Å². The van der Waals surface area contributed by atoms with Crippen molar-refractivity contribution in [2.45, 2.75) is 33.6 Å². The van der Waals surface area contributed by atoms with E-state index in [4.69, 9.17) is 0 Å². The Bertz CT molecular complexity index is 413. The van der Waals surface area contributed by atoms with Gasteiger partial charge in [-0.25, -0.2) is 4.98 Å². The number of nitrogens with one attached hydrogen (secondary N) is 2. The van der Waals surface area contributed by atoms with Gasteiger partial charge in [0, 0.05) is 24.8 Å². The Balaban J connectivity index is 1.84. The van der Waals surface area contributed by atoms with Crippen LogP contribution in [0.3, 0.4) is 0 Å². The van der Waals surface area contributed by atoms with Crippen molar-refractivity contribution in [1.29, 1.82) is 0 Å². The molecule has 0 amide bonds. The van der Waals surface area contributed by atoms with Gasteiger partial charge in [-0.1, -0.05) is 6.92 Å². The van der Waals surface area contributed by atoms with E-state index in [1.165, 1.54) is 32.5 Å². The molecule has 0 spiro atoms. The fourth-order valence-corrected chi connectivity index (χ4v) is 2.65. The molecule has 5 nitrogen and oxygen atoms in total. The molecule has 0 aliphatic carbocycles. The first-order valence-electron chi connectivity index (χ1n) is 7.77. The summed E-state index contributed by atoms with van der Waals surface area (Å²) in [6, 6.07) is 2.02. The van der Waals surface area contributed by atoms with Gasteiger partial charge in [-0.3, -0.25) is 0 Å². The molecule has 2 N–H and O–H groups in total. The molecule has 5 heteroatoms. The highest BCUT2D eigenvalue weighted by Gasteiger charge is 2.17. The Morgan fingerprint density at radius 2 is 1.95 bits per heavy atom. The summed E-state index contributed by atoms with van der Waals surface area (Å²) in [6.45, 7) is 11.8. The second kappa shape index (κ2) is 7.43. The van der Waals surface area contributed by atoms with Crippen molar-refractivity contribution >= 4 is 11.8 Å². The van der Waals surface area contributed by atoms with Gasteiger partial charge in [0.2, 0.25) is 5.95 Å². The van der Waals surface area contributed by atoms with Gasteiger partial charge < -0.3 is 15.5 Å². The van der Waals surface area contributed by atoms with E-state index in [9.17, 15) is 0 Å². The summed E-state index contributed by atoms with van der Waals surface area (Å²) < 4.78 is 0. The molecular weight excluding hydrogens is 250 g/mol. The maximum atomic E-state index is 4.50. The molecule has 1 aliphatic rings. The molecule has 112 valence electrons. The molecule has 0 saturated carbocycles. The number of hydrogen-bond donors (Lipinski definition) is 2. The number of piperidine rings is 1. The Labute approximate surface area is 122 Å². The Morgan fingerprint density at radius 1 is 1.20 bits per heavy atom. The lowest BCUT2D eigenvalue weighted by molar-refractivity contribution is 0.198. The molecule has 2 rings (SSSR count). The first kappa shape index (κ1) is 15.0. The maximum Gasteiger partial charge on any atom is 0.224 e. The van der Waals surface area contributed by atoms with Gasteiger partial charge in [0.15, 0.2) is 0 Å². The van der Waals surface area contributed by atoms with Crippen LogP contribution in [0.25, 0.3) is 0 Å².